The molecule has 3 aromatic carbocycles. The predicted molar refractivity (Wildman–Crippen MR) is 170 cm³/mol. The molecule has 0 fully saturated rings. The summed E-state index contributed by atoms with van der Waals surface area (Å²) >= 11 is 0. The van der Waals surface area contributed by atoms with Crippen molar-refractivity contribution >= 4 is 61.9 Å². The fraction of sp³-hybridized carbons (Fsp3) is 0.207. The van der Waals surface area contributed by atoms with Crippen LogP contribution in [0.2, 0.25) is 0 Å². The number of amides is 1. The summed E-state index contributed by atoms with van der Waals surface area (Å²) in [6.45, 7) is 0.960. The van der Waals surface area contributed by atoms with Crippen LogP contribution in [-0.2, 0) is 19.7 Å². The zero-order valence-corrected chi connectivity index (χ0v) is 24.9. The van der Waals surface area contributed by atoms with Crippen molar-refractivity contribution in [2.75, 3.05) is 34.8 Å². The molecule has 5 rings (SSSR count). The molecule has 2 heterocycles. The van der Waals surface area contributed by atoms with E-state index in [0.29, 0.717) is 35.7 Å². The van der Waals surface area contributed by atoms with E-state index in [0.717, 1.165) is 5.39 Å². The van der Waals surface area contributed by atoms with E-state index in [1.54, 1.807) is 42.5 Å². The zero-order valence-electron chi connectivity index (χ0n) is 24.1. The van der Waals surface area contributed by atoms with Gasteiger partial charge in [0.1, 0.15) is 16.6 Å². The number of aliphatic carboxylic acids is 2. The highest BCUT2D eigenvalue weighted by molar-refractivity contribution is 7.86. The molecule has 0 bridgehead atoms. The molecule has 1 amide bonds. The number of nitrogens with two attached hydrogens (primary N) is 1. The number of aromatic nitrogens is 2. The minimum atomic E-state index is -4.13. The van der Waals surface area contributed by atoms with E-state index in [9.17, 15) is 27.6 Å². The Bertz CT molecular complexity index is 1910. The van der Waals surface area contributed by atoms with E-state index in [-0.39, 0.29) is 40.9 Å². The van der Waals surface area contributed by atoms with Crippen LogP contribution in [0.3, 0.4) is 0 Å². The van der Waals surface area contributed by atoms with E-state index in [1.165, 1.54) is 18.2 Å². The van der Waals surface area contributed by atoms with Crippen molar-refractivity contribution in [2.45, 2.75) is 29.8 Å². The zero-order chi connectivity index (χ0) is 33.4. The number of aromatic amines is 1. The van der Waals surface area contributed by atoms with Crippen LogP contribution in [0.15, 0.2) is 76.4 Å². The summed E-state index contributed by atoms with van der Waals surface area (Å²) in [5.74, 6) is -2.64. The number of fused-ring (bicyclic) bond motifs is 2. The highest BCUT2D eigenvalue weighted by atomic mass is 32.2. The molecule has 46 heavy (non-hydrogen) atoms. The first-order chi connectivity index (χ1) is 21.8. The fourth-order valence-electron chi connectivity index (χ4n) is 4.52. The van der Waals surface area contributed by atoms with Gasteiger partial charge < -0.3 is 37.2 Å². The molecule has 242 valence electrons. The minimum Gasteiger partial charge on any atom is -0.481 e. The molecule has 4 aromatic rings. The highest BCUT2D eigenvalue weighted by Gasteiger charge is 2.23. The van der Waals surface area contributed by atoms with Gasteiger partial charge in [-0.25, -0.2) is 4.79 Å². The van der Waals surface area contributed by atoms with Gasteiger partial charge in [0, 0.05) is 36.1 Å². The lowest BCUT2D eigenvalue weighted by Crippen LogP contribution is -2.41. The Hall–Kier alpha value is -5.68. The maximum Gasteiger partial charge on any atom is 0.326 e. The summed E-state index contributed by atoms with van der Waals surface area (Å²) in [4.78, 5) is 52.6. The number of rotatable bonds is 10. The molecule has 0 saturated carbocycles. The number of nitrogens with one attached hydrogen (secondary N) is 5. The van der Waals surface area contributed by atoms with Crippen molar-refractivity contribution in [3.8, 4) is 0 Å². The lowest BCUT2D eigenvalue weighted by Gasteiger charge is -2.27. The number of carboxylic acid groups (broad SMARTS) is 2. The second kappa shape index (κ2) is 14.4. The molecule has 10 N–H and O–H groups in total. The molecule has 16 nitrogen and oxygen atoms in total. The second-order valence-corrected chi connectivity index (χ2v) is 11.5. The van der Waals surface area contributed by atoms with Gasteiger partial charge in [0.05, 0.1) is 6.04 Å². The highest BCUT2D eigenvalue weighted by Crippen LogP contribution is 2.22. The van der Waals surface area contributed by atoms with Crippen LogP contribution < -0.4 is 32.6 Å². The Morgan fingerprint density at radius 3 is 2.39 bits per heavy atom. The number of nitrogen functional groups attached to an aromatic ring is 1. The molecular weight excluding hydrogens is 622 g/mol. The van der Waals surface area contributed by atoms with Crippen molar-refractivity contribution in [1.82, 2.24) is 15.3 Å². The third kappa shape index (κ3) is 8.70. The number of hydrogen-bond acceptors (Lipinski definition) is 11. The van der Waals surface area contributed by atoms with E-state index < -0.39 is 34.0 Å². The van der Waals surface area contributed by atoms with Crippen LogP contribution in [0.4, 0.5) is 23.1 Å². The first-order valence-electron chi connectivity index (χ1n) is 13.8. The summed E-state index contributed by atoms with van der Waals surface area (Å²) in [6, 6.07) is 16.7. The molecule has 0 spiro atoms. The van der Waals surface area contributed by atoms with Gasteiger partial charge in [-0.2, -0.15) is 13.4 Å². The van der Waals surface area contributed by atoms with Gasteiger partial charge in [-0.15, -0.1) is 0 Å². The fourth-order valence-corrected chi connectivity index (χ4v) is 5.23. The lowest BCUT2D eigenvalue weighted by atomic mass is 10.1. The Morgan fingerprint density at radius 1 is 1.02 bits per heavy atom. The third-order valence-electron chi connectivity index (χ3n) is 6.78. The average molecular weight is 654 g/mol. The molecule has 0 radical (unpaired) electrons. The molecule has 1 aromatic heterocycles. The van der Waals surface area contributed by atoms with E-state index >= 15 is 0 Å². The molecule has 0 aliphatic carbocycles. The summed E-state index contributed by atoms with van der Waals surface area (Å²) in [5.41, 5.74) is 6.40. The lowest BCUT2D eigenvalue weighted by molar-refractivity contribution is -0.140. The maximum absolute atomic E-state index is 12.3. The van der Waals surface area contributed by atoms with Gasteiger partial charge in [0.25, 0.3) is 21.6 Å². The summed E-state index contributed by atoms with van der Waals surface area (Å²) in [6.07, 6.45) is -0.587. The van der Waals surface area contributed by atoms with Crippen LogP contribution in [-0.4, -0.2) is 76.2 Å². The Kier molecular flexibility index (Phi) is 10.4. The van der Waals surface area contributed by atoms with Crippen LogP contribution >= 0.6 is 0 Å². The molecule has 1 aliphatic heterocycles. The van der Waals surface area contributed by atoms with Gasteiger partial charge in [-0.05, 0) is 42.1 Å². The van der Waals surface area contributed by atoms with Gasteiger partial charge in [0.15, 0.2) is 5.82 Å². The molecule has 0 saturated heterocycles. The van der Waals surface area contributed by atoms with Gasteiger partial charge in [-0.3, -0.25) is 23.9 Å². The molecule has 17 heteroatoms. The minimum absolute atomic E-state index is 0.0281. The number of nitrogens with zero attached hydrogens (tertiary/aromatic N) is 1. The average Bonchev–Trinajstić information content (AvgIpc) is 3.01. The maximum atomic E-state index is 12.3. The largest absolute Gasteiger partial charge is 0.481 e. The third-order valence-corrected chi connectivity index (χ3v) is 7.69. The number of H-pyrrole nitrogens is 1. The van der Waals surface area contributed by atoms with E-state index in [1.807, 2.05) is 6.07 Å². The van der Waals surface area contributed by atoms with Crippen molar-refractivity contribution in [1.29, 1.82) is 0 Å². The first kappa shape index (κ1) is 33.2. The Labute approximate surface area is 261 Å². The van der Waals surface area contributed by atoms with Gasteiger partial charge >= 0.3 is 11.9 Å². The number of benzene rings is 3. The normalized spacial score (nSPS) is 14.3. The molecule has 0 unspecified atom stereocenters. The van der Waals surface area contributed by atoms with Crippen molar-refractivity contribution in [3.05, 3.63) is 82.6 Å². The molecule has 1 aliphatic rings. The second-order valence-electron chi connectivity index (χ2n) is 10.1. The number of carbonyl (C=O) groups is 3. The number of carbonyl (C=O) groups excluding carboxylic acids is 1. The first-order valence-corrected chi connectivity index (χ1v) is 15.2. The Balaban J connectivity index is 0.000000284. The van der Waals surface area contributed by atoms with E-state index in [4.69, 9.17) is 20.5 Å². The van der Waals surface area contributed by atoms with Crippen LogP contribution in [0.25, 0.3) is 10.8 Å². The smallest absolute Gasteiger partial charge is 0.326 e. The molecule has 2 atom stereocenters. The summed E-state index contributed by atoms with van der Waals surface area (Å²) < 4.78 is 31.0. The number of anilines is 4. The number of hydrogen-bond donors (Lipinski definition) is 9. The predicted octanol–water partition coefficient (Wildman–Crippen LogP) is 1.80. The quantitative estimate of drug-likeness (QED) is 0.111. The van der Waals surface area contributed by atoms with E-state index in [2.05, 4.69) is 31.2 Å². The van der Waals surface area contributed by atoms with Gasteiger partial charge in [0.2, 0.25) is 5.95 Å². The SMILES string of the molecule is Nc1nc2c(c(=O)[nH]1)N[C@@H](CNc1ccc(C(=O)N[C@@H](CCC(=O)O)C(=O)O)cc1)CN2.O=S(=O)(O)c1cccc2ccccc12. The van der Waals surface area contributed by atoms with Gasteiger partial charge in [-0.1, -0.05) is 36.4 Å². The molecular formula is C29H31N7O9S. The topological polar surface area (TPSA) is 266 Å². The summed E-state index contributed by atoms with van der Waals surface area (Å²) in [5, 5.41) is 30.8. The van der Waals surface area contributed by atoms with Crippen molar-refractivity contribution in [3.63, 3.8) is 0 Å². The van der Waals surface area contributed by atoms with Crippen LogP contribution in [0, 0.1) is 0 Å². The standard InChI is InChI=1S/C19H23N7O6.C10H8O3S/c20-19-25-15-14(17(30)26-19)23-11(8-22-15)7-21-10-3-1-9(2-4-10)16(29)24-12(18(31)32)5-6-13(27)28;11-14(12,13)10-7-3-5-8-4-1-2-6-9(8)10/h1-4,11-12,21,23H,5-8H2,(H,24,29)(H,27,28)(H,31,32)(H4,20,22,25,26,30);1-7H,(H,11,12,13)/t11-,12-;/m0./s1. The van der Waals surface area contributed by atoms with Crippen LogP contribution in [0.1, 0.15) is 23.2 Å². The van der Waals surface area contributed by atoms with Crippen molar-refractivity contribution < 1.29 is 37.6 Å². The number of carboxylic acids is 2. The van der Waals surface area contributed by atoms with Crippen molar-refractivity contribution in [2.24, 2.45) is 0 Å². The van der Waals surface area contributed by atoms with Crippen LogP contribution in [0.5, 0.6) is 0 Å². The Morgan fingerprint density at radius 2 is 1.72 bits per heavy atom. The monoisotopic (exact) mass is 653 g/mol. The summed E-state index contributed by atoms with van der Waals surface area (Å²) in [7, 11) is -4.13.